The molecule has 0 fully saturated rings. The van der Waals surface area contributed by atoms with E-state index in [-0.39, 0.29) is 10.7 Å². The van der Waals surface area contributed by atoms with Gasteiger partial charge in [0.05, 0.1) is 10.3 Å². The van der Waals surface area contributed by atoms with Crippen LogP contribution in [0.15, 0.2) is 18.2 Å². The number of fused-ring (bicyclic) bond motifs is 1. The fraction of sp³-hybridized carbons (Fsp3) is 0. The van der Waals surface area contributed by atoms with Crippen LogP contribution in [0.5, 0.6) is 0 Å². The molecular weight excluding hydrogens is 315 g/mol. The van der Waals surface area contributed by atoms with E-state index in [0.717, 1.165) is 8.27 Å². The predicted octanol–water partition coefficient (Wildman–Crippen LogP) is 3.00. The smallest absolute Gasteiger partial charge is 0.311 e. The highest BCUT2D eigenvalue weighted by Gasteiger charge is 2.19. The standard InChI is InChI=1S/C8H5IN2O2S/c9-4-1-2-6-5(3-4)7(11(12)13)8(10)14-6/h1-3H,10H2. The summed E-state index contributed by atoms with van der Waals surface area (Å²) in [5, 5.41) is 11.6. The maximum Gasteiger partial charge on any atom is 0.311 e. The normalized spacial score (nSPS) is 10.6. The largest absolute Gasteiger partial charge is 0.385 e. The van der Waals surface area contributed by atoms with E-state index in [4.69, 9.17) is 5.73 Å². The van der Waals surface area contributed by atoms with Crippen LogP contribution in [-0.2, 0) is 0 Å². The Morgan fingerprint density at radius 3 is 2.86 bits per heavy atom. The van der Waals surface area contributed by atoms with Crippen molar-refractivity contribution in [3.05, 3.63) is 31.9 Å². The second-order valence-electron chi connectivity index (χ2n) is 2.71. The first-order chi connectivity index (χ1) is 6.59. The van der Waals surface area contributed by atoms with Gasteiger partial charge in [-0.3, -0.25) is 10.1 Å². The van der Waals surface area contributed by atoms with Crippen LogP contribution in [0, 0.1) is 13.7 Å². The summed E-state index contributed by atoms with van der Waals surface area (Å²) in [6, 6.07) is 5.54. The van der Waals surface area contributed by atoms with Gasteiger partial charge < -0.3 is 5.73 Å². The first-order valence-electron chi connectivity index (χ1n) is 3.71. The zero-order valence-corrected chi connectivity index (χ0v) is 9.83. The molecule has 0 atom stereocenters. The molecule has 4 nitrogen and oxygen atoms in total. The molecule has 72 valence electrons. The van der Waals surface area contributed by atoms with Gasteiger partial charge in [-0.15, -0.1) is 11.3 Å². The molecule has 0 unspecified atom stereocenters. The molecule has 0 saturated heterocycles. The lowest BCUT2D eigenvalue weighted by atomic mass is 10.2. The summed E-state index contributed by atoms with van der Waals surface area (Å²) in [5.74, 6) is 0. The molecule has 0 bridgehead atoms. The SMILES string of the molecule is Nc1sc2ccc(I)cc2c1[N+](=O)[O-]. The lowest BCUT2D eigenvalue weighted by molar-refractivity contribution is -0.381. The summed E-state index contributed by atoms with van der Waals surface area (Å²) in [5.41, 5.74) is 5.61. The van der Waals surface area contributed by atoms with Crippen molar-refractivity contribution < 1.29 is 4.92 Å². The third kappa shape index (κ3) is 1.44. The Balaban J connectivity index is 2.86. The maximum atomic E-state index is 10.7. The average Bonchev–Trinajstić information content (AvgIpc) is 2.40. The molecule has 0 aliphatic carbocycles. The van der Waals surface area contributed by atoms with E-state index in [1.807, 2.05) is 12.1 Å². The summed E-state index contributed by atoms with van der Waals surface area (Å²) in [4.78, 5) is 10.3. The van der Waals surface area contributed by atoms with Crippen molar-refractivity contribution in [2.75, 3.05) is 5.73 Å². The molecule has 2 rings (SSSR count). The Morgan fingerprint density at radius 1 is 1.50 bits per heavy atom. The number of benzene rings is 1. The Morgan fingerprint density at radius 2 is 2.21 bits per heavy atom. The number of nitrogen functional groups attached to an aromatic ring is 1. The van der Waals surface area contributed by atoms with Gasteiger partial charge in [0.1, 0.15) is 0 Å². The fourth-order valence-electron chi connectivity index (χ4n) is 1.26. The highest BCUT2D eigenvalue weighted by atomic mass is 127. The Hall–Kier alpha value is -0.890. The van der Waals surface area contributed by atoms with Crippen molar-refractivity contribution >= 4 is 54.7 Å². The van der Waals surface area contributed by atoms with Gasteiger partial charge in [0, 0.05) is 8.27 Å². The van der Waals surface area contributed by atoms with E-state index in [1.54, 1.807) is 6.07 Å². The highest BCUT2D eigenvalue weighted by Crippen LogP contribution is 2.39. The predicted molar refractivity (Wildman–Crippen MR) is 65.6 cm³/mol. The number of thiophene rings is 1. The summed E-state index contributed by atoms with van der Waals surface area (Å²) in [6.07, 6.45) is 0. The van der Waals surface area contributed by atoms with Crippen LogP contribution in [0.2, 0.25) is 0 Å². The van der Waals surface area contributed by atoms with E-state index >= 15 is 0 Å². The molecule has 0 aliphatic heterocycles. The molecule has 1 heterocycles. The molecular formula is C8H5IN2O2S. The van der Waals surface area contributed by atoms with Gasteiger partial charge in [-0.05, 0) is 40.8 Å². The molecule has 1 aromatic heterocycles. The van der Waals surface area contributed by atoms with E-state index < -0.39 is 4.92 Å². The number of hydrogen-bond donors (Lipinski definition) is 1. The van der Waals surface area contributed by atoms with Crippen LogP contribution in [-0.4, -0.2) is 4.92 Å². The van der Waals surface area contributed by atoms with Gasteiger partial charge in [0.2, 0.25) is 0 Å². The van der Waals surface area contributed by atoms with Gasteiger partial charge in [-0.25, -0.2) is 0 Å². The molecule has 6 heteroatoms. The van der Waals surface area contributed by atoms with Crippen molar-refractivity contribution in [3.63, 3.8) is 0 Å². The van der Waals surface area contributed by atoms with Crippen molar-refractivity contribution in [1.29, 1.82) is 0 Å². The van der Waals surface area contributed by atoms with Crippen molar-refractivity contribution in [3.8, 4) is 0 Å². The van der Waals surface area contributed by atoms with Crippen LogP contribution in [0.3, 0.4) is 0 Å². The molecule has 0 radical (unpaired) electrons. The van der Waals surface area contributed by atoms with Crippen molar-refractivity contribution in [2.24, 2.45) is 0 Å². The fourth-order valence-corrected chi connectivity index (χ4v) is 2.68. The number of anilines is 1. The molecule has 0 saturated carbocycles. The van der Waals surface area contributed by atoms with E-state index in [1.165, 1.54) is 11.3 Å². The second-order valence-corrected chi connectivity index (χ2v) is 5.04. The Bertz CT molecular complexity index is 523. The monoisotopic (exact) mass is 320 g/mol. The van der Waals surface area contributed by atoms with Crippen LogP contribution >= 0.6 is 33.9 Å². The zero-order chi connectivity index (χ0) is 10.3. The molecule has 2 N–H and O–H groups in total. The third-order valence-electron chi connectivity index (χ3n) is 1.83. The number of nitro groups is 1. The Kier molecular flexibility index (Phi) is 2.31. The molecule has 14 heavy (non-hydrogen) atoms. The summed E-state index contributed by atoms with van der Waals surface area (Å²) < 4.78 is 1.82. The lowest BCUT2D eigenvalue weighted by Crippen LogP contribution is -1.90. The number of nitrogens with two attached hydrogens (primary N) is 1. The third-order valence-corrected chi connectivity index (χ3v) is 3.49. The molecule has 0 amide bonds. The number of nitrogens with zero attached hydrogens (tertiary/aromatic N) is 1. The summed E-state index contributed by atoms with van der Waals surface area (Å²) in [7, 11) is 0. The minimum Gasteiger partial charge on any atom is -0.385 e. The lowest BCUT2D eigenvalue weighted by Gasteiger charge is -1.91. The van der Waals surface area contributed by atoms with Crippen molar-refractivity contribution in [2.45, 2.75) is 0 Å². The number of rotatable bonds is 1. The number of hydrogen-bond acceptors (Lipinski definition) is 4. The van der Waals surface area contributed by atoms with Crippen LogP contribution in [0.4, 0.5) is 10.7 Å². The summed E-state index contributed by atoms with van der Waals surface area (Å²) in [6.45, 7) is 0. The van der Waals surface area contributed by atoms with Crippen LogP contribution < -0.4 is 5.73 Å². The van der Waals surface area contributed by atoms with Crippen molar-refractivity contribution in [1.82, 2.24) is 0 Å². The van der Waals surface area contributed by atoms with Gasteiger partial charge in [0.15, 0.2) is 5.00 Å². The minimum atomic E-state index is -0.426. The first kappa shape index (κ1) is 9.66. The van der Waals surface area contributed by atoms with E-state index in [0.29, 0.717) is 5.39 Å². The molecule has 0 spiro atoms. The molecule has 0 aliphatic rings. The Labute approximate surface area is 97.0 Å². The minimum absolute atomic E-state index is 0.0310. The maximum absolute atomic E-state index is 10.7. The molecule has 1 aromatic carbocycles. The van der Waals surface area contributed by atoms with Gasteiger partial charge in [-0.1, -0.05) is 0 Å². The molecule has 2 aromatic rings. The van der Waals surface area contributed by atoms with E-state index in [2.05, 4.69) is 22.6 Å². The van der Waals surface area contributed by atoms with Crippen LogP contribution in [0.1, 0.15) is 0 Å². The number of halogens is 1. The van der Waals surface area contributed by atoms with E-state index in [9.17, 15) is 10.1 Å². The highest BCUT2D eigenvalue weighted by molar-refractivity contribution is 14.1. The first-order valence-corrected chi connectivity index (χ1v) is 5.61. The average molecular weight is 320 g/mol. The summed E-state index contributed by atoms with van der Waals surface area (Å²) >= 11 is 3.37. The van der Waals surface area contributed by atoms with Gasteiger partial charge in [-0.2, -0.15) is 0 Å². The van der Waals surface area contributed by atoms with Crippen LogP contribution in [0.25, 0.3) is 10.1 Å². The topological polar surface area (TPSA) is 69.2 Å². The zero-order valence-electron chi connectivity index (χ0n) is 6.86. The quantitative estimate of drug-likeness (QED) is 0.499. The second kappa shape index (κ2) is 3.35. The van der Waals surface area contributed by atoms with Gasteiger partial charge >= 0.3 is 5.69 Å². The van der Waals surface area contributed by atoms with Gasteiger partial charge in [0.25, 0.3) is 0 Å².